The van der Waals surface area contributed by atoms with Gasteiger partial charge in [0.15, 0.2) is 0 Å². The molecule has 0 saturated carbocycles. The Balaban J connectivity index is 1.07. The molecule has 4 heteroatoms. The van der Waals surface area contributed by atoms with Crippen molar-refractivity contribution >= 4 is 0 Å². The molecule has 0 atom stereocenters. The van der Waals surface area contributed by atoms with Crippen molar-refractivity contribution in [3.8, 4) is 61.8 Å². The average molecular weight is 700 g/mol. The minimum absolute atomic E-state index is 0.799. The van der Waals surface area contributed by atoms with Gasteiger partial charge < -0.3 is 4.74 Å². The number of pyridine rings is 3. The van der Waals surface area contributed by atoms with Gasteiger partial charge in [-0.2, -0.15) is 0 Å². The van der Waals surface area contributed by atoms with Crippen LogP contribution in [0.5, 0.6) is 5.75 Å². The number of hydrogen-bond acceptors (Lipinski definition) is 4. The Morgan fingerprint density at radius 3 is 1.31 bits per heavy atom. The summed E-state index contributed by atoms with van der Waals surface area (Å²) in [4.78, 5) is 13.6. The molecule has 8 aromatic rings. The van der Waals surface area contributed by atoms with Crippen molar-refractivity contribution in [2.45, 2.75) is 25.7 Å². The predicted octanol–water partition coefficient (Wildman–Crippen LogP) is 11.8. The van der Waals surface area contributed by atoms with Gasteiger partial charge in [-0.3, -0.25) is 15.0 Å². The molecule has 0 aliphatic carbocycles. The highest BCUT2D eigenvalue weighted by Gasteiger charge is 2.12. The number of aromatic nitrogens is 3. The zero-order chi connectivity index (χ0) is 36.5. The third-order valence-electron chi connectivity index (χ3n) is 9.98. The lowest BCUT2D eigenvalue weighted by Crippen LogP contribution is -1.98. The van der Waals surface area contributed by atoms with Crippen LogP contribution in [0.2, 0.25) is 0 Å². The number of benzene rings is 5. The summed E-state index contributed by atoms with van der Waals surface area (Å²) in [5, 5.41) is 0. The van der Waals surface area contributed by atoms with Crippen molar-refractivity contribution in [2.24, 2.45) is 0 Å². The number of aryl methyl sites for hydroxylation is 4. The van der Waals surface area contributed by atoms with E-state index in [9.17, 15) is 0 Å². The van der Waals surface area contributed by atoms with Crippen molar-refractivity contribution in [1.82, 2.24) is 15.0 Å². The van der Waals surface area contributed by atoms with Crippen molar-refractivity contribution < 1.29 is 4.74 Å². The Labute approximate surface area is 317 Å². The second-order valence-corrected chi connectivity index (χ2v) is 13.6. The van der Waals surface area contributed by atoms with Gasteiger partial charge in [0.25, 0.3) is 0 Å². The Morgan fingerprint density at radius 1 is 0.352 bits per heavy atom. The van der Waals surface area contributed by atoms with E-state index >= 15 is 0 Å². The van der Waals surface area contributed by atoms with Gasteiger partial charge in [0.1, 0.15) is 5.75 Å². The summed E-state index contributed by atoms with van der Waals surface area (Å²) in [5.74, 6) is 0.799. The summed E-state index contributed by atoms with van der Waals surface area (Å²) in [7, 11) is 1.68. The van der Waals surface area contributed by atoms with Crippen LogP contribution in [0.1, 0.15) is 22.3 Å². The molecule has 8 rings (SSSR count). The molecule has 0 N–H and O–H groups in total. The van der Waals surface area contributed by atoms with Crippen LogP contribution in [0.15, 0.2) is 182 Å². The van der Waals surface area contributed by atoms with Gasteiger partial charge >= 0.3 is 0 Å². The molecule has 0 amide bonds. The Hall–Kier alpha value is -6.65. The SMILES string of the molecule is COc1ccnc(-c2ccc(-c3ccccc3-c3cc(CCc4ccc(-c5ccccn5)cc4)cc(CCc4ccc(-c5ccccn5)cc4)c3)cc2)c1. The van der Waals surface area contributed by atoms with Crippen LogP contribution in [0.25, 0.3) is 56.0 Å². The largest absolute Gasteiger partial charge is 0.497 e. The van der Waals surface area contributed by atoms with Gasteiger partial charge in [-0.15, -0.1) is 0 Å². The number of methoxy groups -OCH3 is 1. The minimum atomic E-state index is 0.799. The maximum atomic E-state index is 5.44. The van der Waals surface area contributed by atoms with Crippen molar-refractivity contribution in [3.05, 3.63) is 205 Å². The van der Waals surface area contributed by atoms with Gasteiger partial charge in [0, 0.05) is 41.3 Å². The summed E-state index contributed by atoms with van der Waals surface area (Å²) in [6, 6.07) is 58.3. The summed E-state index contributed by atoms with van der Waals surface area (Å²) in [6.45, 7) is 0. The highest BCUT2D eigenvalue weighted by molar-refractivity contribution is 5.84. The van der Waals surface area contributed by atoms with E-state index in [-0.39, 0.29) is 0 Å². The molecule has 0 bridgehead atoms. The third-order valence-corrected chi connectivity index (χ3v) is 9.98. The predicted molar refractivity (Wildman–Crippen MR) is 221 cm³/mol. The highest BCUT2D eigenvalue weighted by Crippen LogP contribution is 2.35. The van der Waals surface area contributed by atoms with Crippen LogP contribution in [-0.4, -0.2) is 22.1 Å². The first-order valence-electron chi connectivity index (χ1n) is 18.5. The standard InChI is InChI=1S/C50H41N3O/c1-54-45-28-31-53-50(35-45)43-26-24-40(25-27-43)46-8-2-3-9-47(46)44-33-38(14-12-36-16-20-41(21-17-36)48-10-4-6-29-51-48)32-39(34-44)15-13-37-18-22-42(23-19-37)49-11-5-7-30-52-49/h2-11,16-35H,12-15H2,1H3. The molecule has 0 aliphatic rings. The molecule has 0 fully saturated rings. The van der Waals surface area contributed by atoms with Gasteiger partial charge in [-0.05, 0) is 101 Å². The Bertz CT molecular complexity index is 2340. The molecule has 0 aliphatic heterocycles. The maximum absolute atomic E-state index is 5.44. The zero-order valence-corrected chi connectivity index (χ0v) is 30.4. The second-order valence-electron chi connectivity index (χ2n) is 13.6. The molecular formula is C50H41N3O. The van der Waals surface area contributed by atoms with Crippen molar-refractivity contribution in [3.63, 3.8) is 0 Å². The zero-order valence-electron chi connectivity index (χ0n) is 30.4. The third kappa shape index (κ3) is 8.19. The maximum Gasteiger partial charge on any atom is 0.122 e. The van der Waals surface area contributed by atoms with Crippen LogP contribution in [0.3, 0.4) is 0 Å². The number of hydrogen-bond donors (Lipinski definition) is 0. The van der Waals surface area contributed by atoms with E-state index in [0.29, 0.717) is 0 Å². The smallest absolute Gasteiger partial charge is 0.122 e. The van der Waals surface area contributed by atoms with E-state index in [4.69, 9.17) is 4.74 Å². The lowest BCUT2D eigenvalue weighted by atomic mass is 9.90. The molecule has 5 aromatic carbocycles. The summed E-state index contributed by atoms with van der Waals surface area (Å²) >= 11 is 0. The summed E-state index contributed by atoms with van der Waals surface area (Å²) in [6.07, 6.45) is 9.30. The Morgan fingerprint density at radius 2 is 0.796 bits per heavy atom. The van der Waals surface area contributed by atoms with E-state index < -0.39 is 0 Å². The number of ether oxygens (including phenoxy) is 1. The van der Waals surface area contributed by atoms with E-state index in [2.05, 4.69) is 142 Å². The van der Waals surface area contributed by atoms with Gasteiger partial charge in [-0.1, -0.05) is 127 Å². The first kappa shape index (κ1) is 34.4. The molecule has 0 saturated heterocycles. The number of rotatable bonds is 12. The molecular weight excluding hydrogens is 659 g/mol. The lowest BCUT2D eigenvalue weighted by molar-refractivity contribution is 0.414. The fraction of sp³-hybridized carbons (Fsp3) is 0.100. The number of nitrogens with zero attached hydrogens (tertiary/aromatic N) is 3. The van der Waals surface area contributed by atoms with Crippen LogP contribution in [0.4, 0.5) is 0 Å². The van der Waals surface area contributed by atoms with Crippen molar-refractivity contribution in [2.75, 3.05) is 7.11 Å². The van der Waals surface area contributed by atoms with E-state index in [0.717, 1.165) is 65.2 Å². The average Bonchev–Trinajstić information content (AvgIpc) is 3.26. The molecule has 54 heavy (non-hydrogen) atoms. The van der Waals surface area contributed by atoms with Crippen LogP contribution >= 0.6 is 0 Å². The summed E-state index contributed by atoms with van der Waals surface area (Å²) < 4.78 is 5.44. The molecule has 0 spiro atoms. The topological polar surface area (TPSA) is 47.9 Å². The van der Waals surface area contributed by atoms with Crippen molar-refractivity contribution in [1.29, 1.82) is 0 Å². The molecule has 0 radical (unpaired) electrons. The van der Waals surface area contributed by atoms with Gasteiger partial charge in [0.2, 0.25) is 0 Å². The highest BCUT2D eigenvalue weighted by atomic mass is 16.5. The van der Waals surface area contributed by atoms with E-state index in [1.165, 1.54) is 44.5 Å². The molecule has 3 aromatic heterocycles. The lowest BCUT2D eigenvalue weighted by Gasteiger charge is -2.15. The molecule has 3 heterocycles. The van der Waals surface area contributed by atoms with Gasteiger partial charge in [-0.25, -0.2) is 0 Å². The Kier molecular flexibility index (Phi) is 10.4. The second kappa shape index (κ2) is 16.4. The van der Waals surface area contributed by atoms with Gasteiger partial charge in [0.05, 0.1) is 24.2 Å². The normalized spacial score (nSPS) is 11.0. The minimum Gasteiger partial charge on any atom is -0.497 e. The van der Waals surface area contributed by atoms with Crippen LogP contribution in [-0.2, 0) is 25.7 Å². The van der Waals surface area contributed by atoms with E-state index in [1.54, 1.807) is 13.3 Å². The first-order chi connectivity index (χ1) is 26.7. The monoisotopic (exact) mass is 699 g/mol. The quantitative estimate of drug-likeness (QED) is 0.127. The van der Waals surface area contributed by atoms with E-state index in [1.807, 2.05) is 48.8 Å². The fourth-order valence-corrected chi connectivity index (χ4v) is 7.04. The molecule has 0 unspecified atom stereocenters. The molecule has 262 valence electrons. The van der Waals surface area contributed by atoms with Crippen LogP contribution in [0, 0.1) is 0 Å². The summed E-state index contributed by atoms with van der Waals surface area (Å²) in [5.41, 5.74) is 16.4. The van der Waals surface area contributed by atoms with Crippen LogP contribution < -0.4 is 4.74 Å². The first-order valence-corrected chi connectivity index (χ1v) is 18.5. The molecule has 4 nitrogen and oxygen atoms in total. The fourth-order valence-electron chi connectivity index (χ4n) is 7.04.